The summed E-state index contributed by atoms with van der Waals surface area (Å²) in [4.78, 5) is 22.9. The smallest absolute Gasteiger partial charge is 0.308 e. The van der Waals surface area contributed by atoms with E-state index >= 15 is 0 Å². The molecule has 2 aliphatic rings. The van der Waals surface area contributed by atoms with Gasteiger partial charge in [-0.3, -0.25) is 9.59 Å². The van der Waals surface area contributed by atoms with Crippen LogP contribution in [0.3, 0.4) is 0 Å². The molecule has 5 heteroatoms. The number of carboxylic acid groups (broad SMARTS) is 1. The van der Waals surface area contributed by atoms with Crippen molar-refractivity contribution >= 4 is 11.9 Å². The van der Waals surface area contributed by atoms with E-state index in [4.69, 9.17) is 9.84 Å². The lowest BCUT2D eigenvalue weighted by molar-refractivity contribution is -0.142. The van der Waals surface area contributed by atoms with Crippen molar-refractivity contribution in [2.75, 3.05) is 6.61 Å². The summed E-state index contributed by atoms with van der Waals surface area (Å²) in [5, 5.41) is 11.9. The molecule has 0 radical (unpaired) electrons. The number of ether oxygens (including phenoxy) is 1. The molecule has 5 nitrogen and oxygen atoms in total. The van der Waals surface area contributed by atoms with Crippen LogP contribution >= 0.6 is 0 Å². The normalized spacial score (nSPS) is 32.1. The summed E-state index contributed by atoms with van der Waals surface area (Å²) in [5.41, 5.74) is 0. The Morgan fingerprint density at radius 3 is 2.67 bits per heavy atom. The molecule has 0 bridgehead atoms. The highest BCUT2D eigenvalue weighted by molar-refractivity contribution is 5.78. The van der Waals surface area contributed by atoms with Crippen LogP contribution in [0.1, 0.15) is 44.9 Å². The maximum Gasteiger partial charge on any atom is 0.308 e. The molecular formula is C13H21NO4. The molecule has 2 rings (SSSR count). The van der Waals surface area contributed by atoms with Gasteiger partial charge in [-0.05, 0) is 32.1 Å². The second-order valence-corrected chi connectivity index (χ2v) is 5.24. The van der Waals surface area contributed by atoms with Gasteiger partial charge in [0.05, 0.1) is 18.4 Å². The molecule has 0 aromatic rings. The zero-order valence-corrected chi connectivity index (χ0v) is 10.6. The average molecular weight is 255 g/mol. The highest BCUT2D eigenvalue weighted by Gasteiger charge is 2.34. The second-order valence-electron chi connectivity index (χ2n) is 5.24. The first-order valence-corrected chi connectivity index (χ1v) is 6.80. The van der Waals surface area contributed by atoms with Crippen LogP contribution in [0.4, 0.5) is 0 Å². The Kier molecular flexibility index (Phi) is 4.58. The zero-order chi connectivity index (χ0) is 13.0. The number of aliphatic carboxylic acids is 1. The highest BCUT2D eigenvalue weighted by Crippen LogP contribution is 2.26. The SMILES string of the molecule is O=C(C[C@H]1CCCCO1)N[C@H]1CCC[C@H]1C(=O)O. The Labute approximate surface area is 107 Å². The van der Waals surface area contributed by atoms with Gasteiger partial charge < -0.3 is 15.2 Å². The molecule has 18 heavy (non-hydrogen) atoms. The molecule has 3 atom stereocenters. The fraction of sp³-hybridized carbons (Fsp3) is 0.846. The molecule has 1 saturated heterocycles. The molecule has 2 N–H and O–H groups in total. The van der Waals surface area contributed by atoms with Crippen LogP contribution in [-0.4, -0.2) is 35.7 Å². The first kappa shape index (κ1) is 13.3. The molecule has 0 aromatic heterocycles. The molecule has 1 amide bonds. The molecule has 1 heterocycles. The van der Waals surface area contributed by atoms with Gasteiger partial charge in [0.2, 0.25) is 5.91 Å². The van der Waals surface area contributed by atoms with Crippen molar-refractivity contribution in [3.63, 3.8) is 0 Å². The molecule has 1 saturated carbocycles. The minimum Gasteiger partial charge on any atom is -0.481 e. The van der Waals surface area contributed by atoms with Crippen molar-refractivity contribution in [2.24, 2.45) is 5.92 Å². The number of nitrogens with one attached hydrogen (secondary N) is 1. The number of hydrogen-bond acceptors (Lipinski definition) is 3. The zero-order valence-electron chi connectivity index (χ0n) is 10.6. The second kappa shape index (κ2) is 6.18. The van der Waals surface area contributed by atoms with Gasteiger partial charge in [0, 0.05) is 12.6 Å². The minimum atomic E-state index is -0.799. The fourth-order valence-electron chi connectivity index (χ4n) is 2.87. The van der Waals surface area contributed by atoms with Crippen LogP contribution in [-0.2, 0) is 14.3 Å². The topological polar surface area (TPSA) is 75.6 Å². The van der Waals surface area contributed by atoms with E-state index in [9.17, 15) is 9.59 Å². The highest BCUT2D eigenvalue weighted by atomic mass is 16.5. The van der Waals surface area contributed by atoms with Gasteiger partial charge in [0.25, 0.3) is 0 Å². The lowest BCUT2D eigenvalue weighted by atomic mass is 10.0. The largest absolute Gasteiger partial charge is 0.481 e. The summed E-state index contributed by atoms with van der Waals surface area (Å²) in [7, 11) is 0. The summed E-state index contributed by atoms with van der Waals surface area (Å²) in [6, 6.07) is -0.196. The number of carbonyl (C=O) groups excluding carboxylic acids is 1. The number of carboxylic acids is 1. The Morgan fingerprint density at radius 2 is 2.00 bits per heavy atom. The van der Waals surface area contributed by atoms with Crippen molar-refractivity contribution in [3.05, 3.63) is 0 Å². The van der Waals surface area contributed by atoms with Gasteiger partial charge in [0.1, 0.15) is 0 Å². The summed E-state index contributed by atoms with van der Waals surface area (Å²) in [6.45, 7) is 0.735. The Hall–Kier alpha value is -1.10. The van der Waals surface area contributed by atoms with Gasteiger partial charge in [-0.1, -0.05) is 6.42 Å². The van der Waals surface area contributed by atoms with E-state index < -0.39 is 11.9 Å². The van der Waals surface area contributed by atoms with Crippen LogP contribution in [0.15, 0.2) is 0 Å². The summed E-state index contributed by atoms with van der Waals surface area (Å²) < 4.78 is 5.51. The maximum absolute atomic E-state index is 11.9. The summed E-state index contributed by atoms with van der Waals surface area (Å²) in [6.07, 6.45) is 5.81. The maximum atomic E-state index is 11.9. The third-order valence-corrected chi connectivity index (χ3v) is 3.87. The van der Waals surface area contributed by atoms with Crippen LogP contribution in [0.5, 0.6) is 0 Å². The van der Waals surface area contributed by atoms with E-state index in [-0.39, 0.29) is 18.1 Å². The standard InChI is InChI=1S/C13H21NO4/c15-12(8-9-4-1-2-7-18-9)14-11-6-3-5-10(11)13(16)17/h9-11H,1-8H2,(H,14,15)(H,16,17)/t9-,10-,11+/m1/s1. The first-order valence-electron chi connectivity index (χ1n) is 6.80. The third-order valence-electron chi connectivity index (χ3n) is 3.87. The van der Waals surface area contributed by atoms with Gasteiger partial charge in [0.15, 0.2) is 0 Å². The van der Waals surface area contributed by atoms with Gasteiger partial charge in [-0.15, -0.1) is 0 Å². The summed E-state index contributed by atoms with van der Waals surface area (Å²) >= 11 is 0. The van der Waals surface area contributed by atoms with Crippen molar-refractivity contribution in [3.8, 4) is 0 Å². The molecule has 0 spiro atoms. The van der Waals surface area contributed by atoms with Crippen LogP contribution in [0.25, 0.3) is 0 Å². The van der Waals surface area contributed by atoms with Gasteiger partial charge >= 0.3 is 5.97 Å². The molecule has 102 valence electrons. The molecule has 1 aliphatic carbocycles. The lowest BCUT2D eigenvalue weighted by Crippen LogP contribution is -2.41. The molecule has 0 unspecified atom stereocenters. The number of rotatable bonds is 4. The van der Waals surface area contributed by atoms with Crippen molar-refractivity contribution < 1.29 is 19.4 Å². The molecule has 0 aromatic carbocycles. The van der Waals surface area contributed by atoms with Gasteiger partial charge in [-0.25, -0.2) is 0 Å². The third kappa shape index (κ3) is 3.45. The van der Waals surface area contributed by atoms with Crippen LogP contribution in [0.2, 0.25) is 0 Å². The van der Waals surface area contributed by atoms with Crippen molar-refractivity contribution in [2.45, 2.75) is 57.1 Å². The van der Waals surface area contributed by atoms with Crippen molar-refractivity contribution in [1.82, 2.24) is 5.32 Å². The fourth-order valence-corrected chi connectivity index (χ4v) is 2.87. The number of carbonyl (C=O) groups is 2. The molecular weight excluding hydrogens is 234 g/mol. The average Bonchev–Trinajstić information content (AvgIpc) is 2.78. The monoisotopic (exact) mass is 255 g/mol. The van der Waals surface area contributed by atoms with E-state index in [1.165, 1.54) is 0 Å². The Balaban J connectivity index is 1.77. The van der Waals surface area contributed by atoms with Crippen LogP contribution < -0.4 is 5.32 Å². The molecule has 1 aliphatic heterocycles. The predicted octanol–water partition coefficient (Wildman–Crippen LogP) is 1.32. The number of amides is 1. The Bertz CT molecular complexity index is 312. The van der Waals surface area contributed by atoms with E-state index in [0.29, 0.717) is 12.8 Å². The first-order chi connectivity index (χ1) is 8.66. The van der Waals surface area contributed by atoms with E-state index in [2.05, 4.69) is 5.32 Å². The van der Waals surface area contributed by atoms with Gasteiger partial charge in [-0.2, -0.15) is 0 Å². The number of hydrogen-bond donors (Lipinski definition) is 2. The quantitative estimate of drug-likeness (QED) is 0.794. The molecule has 2 fully saturated rings. The Morgan fingerprint density at radius 1 is 1.17 bits per heavy atom. The van der Waals surface area contributed by atoms with Crippen molar-refractivity contribution in [1.29, 1.82) is 0 Å². The van der Waals surface area contributed by atoms with E-state index in [1.807, 2.05) is 0 Å². The minimum absolute atomic E-state index is 0.0171. The predicted molar refractivity (Wildman–Crippen MR) is 65.1 cm³/mol. The lowest BCUT2D eigenvalue weighted by Gasteiger charge is -2.23. The van der Waals surface area contributed by atoms with E-state index in [0.717, 1.165) is 38.7 Å². The van der Waals surface area contributed by atoms with Crippen LogP contribution in [0, 0.1) is 5.92 Å². The summed E-state index contributed by atoms with van der Waals surface area (Å²) in [5.74, 6) is -1.28. The van der Waals surface area contributed by atoms with E-state index in [1.54, 1.807) is 0 Å².